The van der Waals surface area contributed by atoms with Crippen LogP contribution >= 0.6 is 11.3 Å². The molecule has 16 heavy (non-hydrogen) atoms. The van der Waals surface area contributed by atoms with E-state index in [1.165, 1.54) is 0 Å². The highest BCUT2D eigenvalue weighted by molar-refractivity contribution is 7.11. The second-order valence-corrected chi connectivity index (χ2v) is 8.01. The van der Waals surface area contributed by atoms with E-state index in [0.717, 1.165) is 10.0 Å². The Kier molecular flexibility index (Phi) is 3.23. The molecule has 1 aromatic rings. The SMILES string of the molecule is CC(C)(C)c1nnc(C(C)(C)C(C)(C)C)s1. The zero-order valence-electron chi connectivity index (χ0n) is 11.8. The molecule has 0 fully saturated rings. The zero-order valence-corrected chi connectivity index (χ0v) is 12.6. The lowest BCUT2D eigenvalue weighted by Gasteiger charge is -2.36. The van der Waals surface area contributed by atoms with E-state index in [0.29, 0.717) is 0 Å². The molecule has 1 aromatic heterocycles. The molecule has 0 saturated heterocycles. The highest BCUT2D eigenvalue weighted by Gasteiger charge is 2.38. The van der Waals surface area contributed by atoms with Crippen molar-refractivity contribution in [3.63, 3.8) is 0 Å². The molecule has 0 aliphatic carbocycles. The van der Waals surface area contributed by atoms with Gasteiger partial charge in [0, 0.05) is 10.8 Å². The van der Waals surface area contributed by atoms with Crippen molar-refractivity contribution in [3.05, 3.63) is 10.0 Å². The number of hydrogen-bond donors (Lipinski definition) is 0. The summed E-state index contributed by atoms with van der Waals surface area (Å²) in [6, 6.07) is 0. The molecule has 0 radical (unpaired) electrons. The Morgan fingerprint density at radius 2 is 1.19 bits per heavy atom. The van der Waals surface area contributed by atoms with Crippen LogP contribution in [0.1, 0.15) is 65.4 Å². The number of nitrogens with zero attached hydrogens (tertiary/aromatic N) is 2. The Morgan fingerprint density at radius 3 is 1.50 bits per heavy atom. The van der Waals surface area contributed by atoms with Crippen molar-refractivity contribution in [2.45, 2.75) is 66.2 Å². The van der Waals surface area contributed by atoms with E-state index < -0.39 is 0 Å². The molecule has 1 heterocycles. The molecule has 0 spiro atoms. The second kappa shape index (κ2) is 3.80. The summed E-state index contributed by atoms with van der Waals surface area (Å²) < 4.78 is 0. The van der Waals surface area contributed by atoms with Gasteiger partial charge in [-0.1, -0.05) is 55.4 Å². The van der Waals surface area contributed by atoms with Gasteiger partial charge in [-0.25, -0.2) is 0 Å². The highest BCUT2D eigenvalue weighted by atomic mass is 32.1. The van der Waals surface area contributed by atoms with Crippen molar-refractivity contribution >= 4 is 11.3 Å². The molecule has 0 saturated carbocycles. The summed E-state index contributed by atoms with van der Waals surface area (Å²) in [4.78, 5) is 0. The van der Waals surface area contributed by atoms with E-state index in [-0.39, 0.29) is 16.2 Å². The average Bonchev–Trinajstić information content (AvgIpc) is 2.47. The standard InChI is InChI=1S/C13H24N2S/c1-11(2,3)9-14-15-10(16-9)13(7,8)12(4,5)6/h1-8H3. The Balaban J connectivity index is 3.13. The molecule has 0 N–H and O–H groups in total. The van der Waals surface area contributed by atoms with Crippen LogP contribution in [0, 0.1) is 5.41 Å². The van der Waals surface area contributed by atoms with Crippen molar-refractivity contribution in [2.75, 3.05) is 0 Å². The van der Waals surface area contributed by atoms with Gasteiger partial charge in [0.05, 0.1) is 0 Å². The van der Waals surface area contributed by atoms with Crippen molar-refractivity contribution in [3.8, 4) is 0 Å². The molecule has 92 valence electrons. The summed E-state index contributed by atoms with van der Waals surface area (Å²) in [5.74, 6) is 0. The van der Waals surface area contributed by atoms with Crippen molar-refractivity contribution in [2.24, 2.45) is 5.41 Å². The Morgan fingerprint density at radius 1 is 0.750 bits per heavy atom. The number of rotatable bonds is 1. The van der Waals surface area contributed by atoms with Gasteiger partial charge in [-0.05, 0) is 5.41 Å². The van der Waals surface area contributed by atoms with Gasteiger partial charge in [-0.3, -0.25) is 0 Å². The molecule has 0 aromatic carbocycles. The van der Waals surface area contributed by atoms with Crippen LogP contribution in [0.4, 0.5) is 0 Å². The third-order valence-corrected chi connectivity index (χ3v) is 5.15. The topological polar surface area (TPSA) is 25.8 Å². The van der Waals surface area contributed by atoms with E-state index in [4.69, 9.17) is 0 Å². The maximum Gasteiger partial charge on any atom is 0.123 e. The highest BCUT2D eigenvalue weighted by Crippen LogP contribution is 2.43. The first-order valence-corrected chi connectivity index (χ1v) is 6.62. The monoisotopic (exact) mass is 240 g/mol. The van der Waals surface area contributed by atoms with E-state index >= 15 is 0 Å². The third kappa shape index (κ3) is 2.45. The minimum atomic E-state index is 0.0637. The maximum atomic E-state index is 4.39. The van der Waals surface area contributed by atoms with Crippen LogP contribution in [0.5, 0.6) is 0 Å². The Labute approximate surface area is 103 Å². The van der Waals surface area contributed by atoms with Crippen LogP contribution in [0.15, 0.2) is 0 Å². The Hall–Kier alpha value is -0.440. The average molecular weight is 240 g/mol. The lowest BCUT2D eigenvalue weighted by Crippen LogP contribution is -2.33. The zero-order chi connectivity index (χ0) is 12.8. The Bertz CT molecular complexity index is 364. The molecule has 0 atom stereocenters. The van der Waals surface area contributed by atoms with Crippen LogP contribution in [-0.4, -0.2) is 10.2 Å². The van der Waals surface area contributed by atoms with Gasteiger partial charge in [0.1, 0.15) is 10.0 Å². The molecule has 1 rings (SSSR count). The fourth-order valence-corrected chi connectivity index (χ4v) is 2.31. The summed E-state index contributed by atoms with van der Waals surface area (Å²) in [6.45, 7) is 17.8. The molecule has 2 nitrogen and oxygen atoms in total. The summed E-state index contributed by atoms with van der Waals surface area (Å²) in [6.07, 6.45) is 0. The molecule has 0 bridgehead atoms. The van der Waals surface area contributed by atoms with Crippen molar-refractivity contribution < 1.29 is 0 Å². The van der Waals surface area contributed by atoms with Crippen LogP contribution in [0.3, 0.4) is 0 Å². The van der Waals surface area contributed by atoms with Crippen molar-refractivity contribution in [1.29, 1.82) is 0 Å². The third-order valence-electron chi connectivity index (χ3n) is 3.48. The lowest BCUT2D eigenvalue weighted by atomic mass is 9.70. The molecule has 3 heteroatoms. The van der Waals surface area contributed by atoms with Gasteiger partial charge in [0.2, 0.25) is 0 Å². The first kappa shape index (κ1) is 13.6. The van der Waals surface area contributed by atoms with Crippen LogP contribution in [-0.2, 0) is 10.8 Å². The minimum absolute atomic E-state index is 0.0637. The summed E-state index contributed by atoms with van der Waals surface area (Å²) in [7, 11) is 0. The molecule has 0 unspecified atom stereocenters. The van der Waals surface area contributed by atoms with Gasteiger partial charge < -0.3 is 0 Å². The maximum absolute atomic E-state index is 4.39. The molecule has 0 amide bonds. The summed E-state index contributed by atoms with van der Waals surface area (Å²) in [5.41, 5.74) is 0.361. The quantitative estimate of drug-likeness (QED) is 0.736. The normalized spacial score (nSPS) is 14.2. The second-order valence-electron chi connectivity index (χ2n) is 7.04. The predicted molar refractivity (Wildman–Crippen MR) is 71.1 cm³/mol. The first-order valence-electron chi connectivity index (χ1n) is 5.81. The van der Waals surface area contributed by atoms with Crippen LogP contribution < -0.4 is 0 Å². The molecular weight excluding hydrogens is 216 g/mol. The first-order chi connectivity index (χ1) is 6.96. The van der Waals surface area contributed by atoms with Crippen LogP contribution in [0.25, 0.3) is 0 Å². The predicted octanol–water partition coefficient (Wildman–Crippen LogP) is 4.16. The number of aromatic nitrogens is 2. The molecule has 0 aliphatic heterocycles. The minimum Gasteiger partial charge on any atom is -0.143 e. The van der Waals surface area contributed by atoms with Gasteiger partial charge in [0.15, 0.2) is 0 Å². The molecule has 0 aliphatic rings. The van der Waals surface area contributed by atoms with Gasteiger partial charge in [-0.15, -0.1) is 21.5 Å². The van der Waals surface area contributed by atoms with Gasteiger partial charge in [0.25, 0.3) is 0 Å². The fourth-order valence-electron chi connectivity index (χ4n) is 1.10. The fraction of sp³-hybridized carbons (Fsp3) is 0.846. The molecular formula is C13H24N2S. The van der Waals surface area contributed by atoms with Gasteiger partial charge >= 0.3 is 0 Å². The van der Waals surface area contributed by atoms with E-state index in [9.17, 15) is 0 Å². The lowest BCUT2D eigenvalue weighted by molar-refractivity contribution is 0.224. The van der Waals surface area contributed by atoms with E-state index in [1.54, 1.807) is 11.3 Å². The van der Waals surface area contributed by atoms with E-state index in [1.807, 2.05) is 0 Å². The van der Waals surface area contributed by atoms with Gasteiger partial charge in [-0.2, -0.15) is 0 Å². The van der Waals surface area contributed by atoms with E-state index in [2.05, 4.69) is 65.6 Å². The summed E-state index contributed by atoms with van der Waals surface area (Å²) >= 11 is 1.75. The number of hydrogen-bond acceptors (Lipinski definition) is 3. The smallest absolute Gasteiger partial charge is 0.123 e. The van der Waals surface area contributed by atoms with Crippen molar-refractivity contribution in [1.82, 2.24) is 10.2 Å². The van der Waals surface area contributed by atoms with Crippen LogP contribution in [0.2, 0.25) is 0 Å². The summed E-state index contributed by atoms with van der Waals surface area (Å²) in [5, 5.41) is 11.0. The largest absolute Gasteiger partial charge is 0.143 e.